The predicted octanol–water partition coefficient (Wildman–Crippen LogP) is 4.50. The van der Waals surface area contributed by atoms with E-state index in [1.165, 1.54) is 5.69 Å². The second kappa shape index (κ2) is 9.18. The van der Waals surface area contributed by atoms with E-state index in [1.807, 2.05) is 61.5 Å². The van der Waals surface area contributed by atoms with Crippen LogP contribution < -0.4 is 10.2 Å². The summed E-state index contributed by atoms with van der Waals surface area (Å²) in [6.07, 6.45) is 0.331. The van der Waals surface area contributed by atoms with E-state index in [9.17, 15) is 4.79 Å². The van der Waals surface area contributed by atoms with Crippen LogP contribution in [0.1, 0.15) is 29.4 Å². The van der Waals surface area contributed by atoms with Crippen molar-refractivity contribution in [1.82, 2.24) is 4.90 Å². The van der Waals surface area contributed by atoms with Gasteiger partial charge in [-0.2, -0.15) is 0 Å². The fourth-order valence-corrected chi connectivity index (χ4v) is 3.93. The quantitative estimate of drug-likeness (QED) is 0.658. The largest absolute Gasteiger partial charge is 0.466 e. The Morgan fingerprint density at radius 1 is 0.967 bits per heavy atom. The summed E-state index contributed by atoms with van der Waals surface area (Å²) in [5, 5.41) is 3.05. The molecule has 1 aliphatic heterocycles. The second-order valence-corrected chi connectivity index (χ2v) is 8.00. The maximum Gasteiger partial charge on any atom is 0.225 e. The lowest BCUT2D eigenvalue weighted by Crippen LogP contribution is -2.44. The number of amides is 1. The maximum absolute atomic E-state index is 12.8. The normalized spacial score (nSPS) is 15.7. The van der Waals surface area contributed by atoms with Gasteiger partial charge in [-0.3, -0.25) is 4.79 Å². The summed E-state index contributed by atoms with van der Waals surface area (Å²) < 4.78 is 5.85. The number of carbonyl (C=O) groups is 1. The fourth-order valence-electron chi connectivity index (χ4n) is 3.93. The molecule has 3 aromatic rings. The van der Waals surface area contributed by atoms with Gasteiger partial charge in [-0.15, -0.1) is 0 Å². The molecule has 1 unspecified atom stereocenters. The number of rotatable bonds is 6. The van der Waals surface area contributed by atoms with E-state index >= 15 is 0 Å². The van der Waals surface area contributed by atoms with E-state index in [0.29, 0.717) is 6.42 Å². The summed E-state index contributed by atoms with van der Waals surface area (Å²) in [4.78, 5) is 17.6. The number of nitrogens with zero attached hydrogens (tertiary/aromatic N) is 2. The highest BCUT2D eigenvalue weighted by Gasteiger charge is 2.21. The number of hydrogen-bond donors (Lipinski definition) is 1. The Labute approximate surface area is 178 Å². The minimum atomic E-state index is -0.107. The SMILES string of the molecule is Cc1ccc(C(CC(=O)Nc2ccc(N3CCN(C)CC3)cc2)c2ccccc2)o1. The molecule has 0 aliphatic carbocycles. The zero-order valence-corrected chi connectivity index (χ0v) is 17.7. The van der Waals surface area contributed by atoms with Crippen molar-refractivity contribution in [1.29, 1.82) is 0 Å². The van der Waals surface area contributed by atoms with Crippen LogP contribution in [0.4, 0.5) is 11.4 Å². The third-order valence-corrected chi connectivity index (χ3v) is 5.72. The van der Waals surface area contributed by atoms with Crippen LogP contribution in [0, 0.1) is 6.92 Å². The minimum Gasteiger partial charge on any atom is -0.466 e. The van der Waals surface area contributed by atoms with Crippen molar-refractivity contribution in [2.45, 2.75) is 19.3 Å². The fraction of sp³-hybridized carbons (Fsp3) is 0.320. The summed E-state index contributed by atoms with van der Waals surface area (Å²) in [7, 11) is 2.16. The Kier molecular flexibility index (Phi) is 6.19. The third-order valence-electron chi connectivity index (χ3n) is 5.72. The molecule has 1 atom stereocenters. The van der Waals surface area contributed by atoms with E-state index in [4.69, 9.17) is 4.42 Å². The molecule has 0 bridgehead atoms. The molecule has 1 aromatic heterocycles. The Morgan fingerprint density at radius 3 is 2.30 bits per heavy atom. The van der Waals surface area contributed by atoms with Gasteiger partial charge in [0.1, 0.15) is 11.5 Å². The highest BCUT2D eigenvalue weighted by atomic mass is 16.3. The lowest BCUT2D eigenvalue weighted by molar-refractivity contribution is -0.116. The standard InChI is InChI=1S/C25H29N3O2/c1-19-8-13-24(30-19)23(20-6-4-3-5-7-20)18-25(29)26-21-9-11-22(12-10-21)28-16-14-27(2)15-17-28/h3-13,23H,14-18H2,1-2H3,(H,26,29). The van der Waals surface area contributed by atoms with Crippen LogP contribution >= 0.6 is 0 Å². The molecule has 4 rings (SSSR count). The summed E-state index contributed by atoms with van der Waals surface area (Å²) in [5.74, 6) is 1.54. The average molecular weight is 404 g/mol. The molecule has 30 heavy (non-hydrogen) atoms. The topological polar surface area (TPSA) is 48.7 Å². The monoisotopic (exact) mass is 403 g/mol. The first-order valence-corrected chi connectivity index (χ1v) is 10.5. The number of piperazine rings is 1. The van der Waals surface area contributed by atoms with Gasteiger partial charge in [0.05, 0.1) is 5.92 Å². The molecule has 2 aromatic carbocycles. The van der Waals surface area contributed by atoms with Crippen molar-refractivity contribution < 1.29 is 9.21 Å². The van der Waals surface area contributed by atoms with Crippen LogP contribution in [0.5, 0.6) is 0 Å². The van der Waals surface area contributed by atoms with Crippen LogP contribution in [0.25, 0.3) is 0 Å². The summed E-state index contributed by atoms with van der Waals surface area (Å²) in [6, 6.07) is 22.1. The number of furan rings is 1. The van der Waals surface area contributed by atoms with Gasteiger partial charge >= 0.3 is 0 Å². The summed E-state index contributed by atoms with van der Waals surface area (Å²) >= 11 is 0. The number of hydrogen-bond acceptors (Lipinski definition) is 4. The van der Waals surface area contributed by atoms with Crippen LogP contribution in [-0.4, -0.2) is 44.0 Å². The Morgan fingerprint density at radius 2 is 1.67 bits per heavy atom. The number of aryl methyl sites for hydroxylation is 1. The second-order valence-electron chi connectivity index (χ2n) is 8.00. The molecule has 1 aliphatic rings. The lowest BCUT2D eigenvalue weighted by Gasteiger charge is -2.34. The van der Waals surface area contributed by atoms with Crippen LogP contribution in [0.3, 0.4) is 0 Å². The van der Waals surface area contributed by atoms with Crippen molar-refractivity contribution in [3.63, 3.8) is 0 Å². The van der Waals surface area contributed by atoms with Crippen LogP contribution in [0.2, 0.25) is 0 Å². The van der Waals surface area contributed by atoms with Crippen molar-refractivity contribution >= 4 is 17.3 Å². The molecule has 0 radical (unpaired) electrons. The highest BCUT2D eigenvalue weighted by molar-refractivity contribution is 5.91. The van der Waals surface area contributed by atoms with Gasteiger partial charge in [0.15, 0.2) is 0 Å². The molecule has 1 fully saturated rings. The number of anilines is 2. The van der Waals surface area contributed by atoms with Crippen molar-refractivity contribution in [2.75, 3.05) is 43.4 Å². The highest BCUT2D eigenvalue weighted by Crippen LogP contribution is 2.30. The van der Waals surface area contributed by atoms with Gasteiger partial charge in [0.2, 0.25) is 5.91 Å². The van der Waals surface area contributed by atoms with E-state index in [2.05, 4.69) is 34.3 Å². The summed E-state index contributed by atoms with van der Waals surface area (Å²) in [5.41, 5.74) is 3.10. The molecule has 1 saturated heterocycles. The first-order valence-electron chi connectivity index (χ1n) is 10.5. The summed E-state index contributed by atoms with van der Waals surface area (Å²) in [6.45, 7) is 6.14. The molecule has 2 heterocycles. The lowest BCUT2D eigenvalue weighted by atomic mass is 9.93. The molecular weight excluding hydrogens is 374 g/mol. The first-order chi connectivity index (χ1) is 14.6. The third kappa shape index (κ3) is 4.92. The van der Waals surface area contributed by atoms with Gasteiger partial charge in [-0.25, -0.2) is 0 Å². The number of likely N-dealkylation sites (N-methyl/N-ethyl adjacent to an activating group) is 1. The van der Waals surface area contributed by atoms with Crippen LogP contribution in [-0.2, 0) is 4.79 Å². The molecular formula is C25H29N3O2. The van der Waals surface area contributed by atoms with Gasteiger partial charge in [-0.05, 0) is 55.9 Å². The average Bonchev–Trinajstić information content (AvgIpc) is 3.20. The van der Waals surface area contributed by atoms with Gasteiger partial charge in [0.25, 0.3) is 0 Å². The van der Waals surface area contributed by atoms with Gasteiger partial charge in [0, 0.05) is 44.0 Å². The molecule has 1 amide bonds. The van der Waals surface area contributed by atoms with E-state index in [1.54, 1.807) is 0 Å². The Bertz CT molecular complexity index is 958. The first kappa shape index (κ1) is 20.2. The molecule has 5 nitrogen and oxygen atoms in total. The Balaban J connectivity index is 1.42. The smallest absolute Gasteiger partial charge is 0.225 e. The van der Waals surface area contributed by atoms with E-state index < -0.39 is 0 Å². The molecule has 0 spiro atoms. The van der Waals surface area contributed by atoms with Crippen molar-refractivity contribution in [3.8, 4) is 0 Å². The number of nitrogens with one attached hydrogen (secondary N) is 1. The number of benzene rings is 2. The Hall–Kier alpha value is -3.05. The van der Waals surface area contributed by atoms with Crippen molar-refractivity contribution in [2.24, 2.45) is 0 Å². The van der Waals surface area contributed by atoms with Gasteiger partial charge in [-0.1, -0.05) is 30.3 Å². The van der Waals surface area contributed by atoms with E-state index in [-0.39, 0.29) is 11.8 Å². The maximum atomic E-state index is 12.8. The van der Waals surface area contributed by atoms with Crippen molar-refractivity contribution in [3.05, 3.63) is 83.8 Å². The molecule has 0 saturated carbocycles. The van der Waals surface area contributed by atoms with E-state index in [0.717, 1.165) is 49.0 Å². The van der Waals surface area contributed by atoms with Gasteiger partial charge < -0.3 is 19.5 Å². The van der Waals surface area contributed by atoms with Crippen LogP contribution in [0.15, 0.2) is 71.1 Å². The predicted molar refractivity (Wildman–Crippen MR) is 121 cm³/mol. The zero-order chi connectivity index (χ0) is 20.9. The zero-order valence-electron chi connectivity index (χ0n) is 17.7. The molecule has 156 valence electrons. The minimum absolute atomic E-state index is 0.0229. The molecule has 5 heteroatoms. The number of carbonyl (C=O) groups excluding carboxylic acids is 1. The molecule has 1 N–H and O–H groups in total.